The Bertz CT molecular complexity index is 369. The number of rotatable bonds is 4. The van der Waals surface area contributed by atoms with Crippen LogP contribution in [0, 0.1) is 22.5 Å². The molecule has 0 aromatic carbocycles. The SMILES string of the molecule is C#CCC(C)Nc1ncc([N+](=O)[O-])s1. The summed E-state index contributed by atoms with van der Waals surface area (Å²) in [6.07, 6.45) is 6.92. The van der Waals surface area contributed by atoms with Crippen molar-refractivity contribution in [1.29, 1.82) is 0 Å². The minimum Gasteiger partial charge on any atom is -0.358 e. The molecule has 1 heterocycles. The van der Waals surface area contributed by atoms with Gasteiger partial charge in [0.05, 0.1) is 4.92 Å². The second kappa shape index (κ2) is 4.58. The molecule has 0 aliphatic rings. The van der Waals surface area contributed by atoms with E-state index in [-0.39, 0.29) is 11.0 Å². The summed E-state index contributed by atoms with van der Waals surface area (Å²) in [5.41, 5.74) is 0. The van der Waals surface area contributed by atoms with Crippen molar-refractivity contribution < 1.29 is 4.92 Å². The number of anilines is 1. The molecule has 5 nitrogen and oxygen atoms in total. The average molecular weight is 211 g/mol. The number of nitrogens with zero attached hydrogens (tertiary/aromatic N) is 2. The Morgan fingerprint density at radius 1 is 1.93 bits per heavy atom. The molecule has 0 spiro atoms. The van der Waals surface area contributed by atoms with Crippen LogP contribution in [-0.4, -0.2) is 15.9 Å². The van der Waals surface area contributed by atoms with Crippen molar-refractivity contribution in [3.05, 3.63) is 16.3 Å². The third-order valence-electron chi connectivity index (χ3n) is 1.47. The molecule has 1 rings (SSSR count). The number of hydrogen-bond acceptors (Lipinski definition) is 5. The first-order valence-electron chi connectivity index (χ1n) is 3.93. The Morgan fingerprint density at radius 3 is 3.14 bits per heavy atom. The Morgan fingerprint density at radius 2 is 2.64 bits per heavy atom. The quantitative estimate of drug-likeness (QED) is 0.469. The Kier molecular flexibility index (Phi) is 3.42. The first-order chi connectivity index (χ1) is 6.63. The van der Waals surface area contributed by atoms with Crippen molar-refractivity contribution in [2.24, 2.45) is 0 Å². The summed E-state index contributed by atoms with van der Waals surface area (Å²) in [5.74, 6) is 2.50. The summed E-state index contributed by atoms with van der Waals surface area (Å²) in [5, 5.41) is 13.9. The van der Waals surface area contributed by atoms with E-state index in [9.17, 15) is 10.1 Å². The summed E-state index contributed by atoms with van der Waals surface area (Å²) in [6, 6.07) is 0.0748. The summed E-state index contributed by atoms with van der Waals surface area (Å²) in [7, 11) is 0. The van der Waals surface area contributed by atoms with Gasteiger partial charge in [-0.15, -0.1) is 12.3 Å². The minimum atomic E-state index is -0.464. The van der Waals surface area contributed by atoms with Gasteiger partial charge in [-0.25, -0.2) is 4.98 Å². The molecule has 1 atom stereocenters. The van der Waals surface area contributed by atoms with Crippen LogP contribution in [0.4, 0.5) is 10.1 Å². The fraction of sp³-hybridized carbons (Fsp3) is 0.375. The van der Waals surface area contributed by atoms with Crippen molar-refractivity contribution in [2.45, 2.75) is 19.4 Å². The van der Waals surface area contributed by atoms with Gasteiger partial charge in [-0.1, -0.05) is 0 Å². The standard InChI is InChI=1S/C8H9N3O2S/c1-3-4-6(2)10-8-9-5-7(14-8)11(12)13/h1,5-6H,4H2,2H3,(H,9,10). The second-order valence-electron chi connectivity index (χ2n) is 2.71. The van der Waals surface area contributed by atoms with Crippen LogP contribution in [-0.2, 0) is 0 Å². The van der Waals surface area contributed by atoms with Crippen molar-refractivity contribution in [3.8, 4) is 12.3 Å². The monoisotopic (exact) mass is 211 g/mol. The van der Waals surface area contributed by atoms with E-state index in [1.165, 1.54) is 6.20 Å². The predicted octanol–water partition coefficient (Wildman–Crippen LogP) is 1.87. The first-order valence-corrected chi connectivity index (χ1v) is 4.75. The fourth-order valence-electron chi connectivity index (χ4n) is 0.855. The lowest BCUT2D eigenvalue weighted by Crippen LogP contribution is -2.13. The molecule has 1 aromatic rings. The van der Waals surface area contributed by atoms with Crippen molar-refractivity contribution in [3.63, 3.8) is 0 Å². The van der Waals surface area contributed by atoms with E-state index >= 15 is 0 Å². The molecule has 0 amide bonds. The van der Waals surface area contributed by atoms with E-state index in [4.69, 9.17) is 6.42 Å². The van der Waals surface area contributed by atoms with Gasteiger partial charge in [-0.05, 0) is 18.3 Å². The highest BCUT2D eigenvalue weighted by Crippen LogP contribution is 2.25. The zero-order valence-corrected chi connectivity index (χ0v) is 8.37. The van der Waals surface area contributed by atoms with Crippen LogP contribution in [0.3, 0.4) is 0 Å². The first kappa shape index (κ1) is 10.5. The molecule has 6 heteroatoms. The topological polar surface area (TPSA) is 68.1 Å². The highest BCUT2D eigenvalue weighted by Gasteiger charge is 2.12. The third-order valence-corrected chi connectivity index (χ3v) is 2.35. The van der Waals surface area contributed by atoms with Crippen LogP contribution in [0.25, 0.3) is 0 Å². The maximum absolute atomic E-state index is 10.3. The predicted molar refractivity (Wildman–Crippen MR) is 55.3 cm³/mol. The Balaban J connectivity index is 2.60. The van der Waals surface area contributed by atoms with Gasteiger partial charge in [0.25, 0.3) is 0 Å². The van der Waals surface area contributed by atoms with Gasteiger partial charge < -0.3 is 5.32 Å². The summed E-state index contributed by atoms with van der Waals surface area (Å²) in [4.78, 5) is 13.7. The molecule has 1 unspecified atom stereocenters. The van der Waals surface area contributed by atoms with Gasteiger partial charge in [-0.3, -0.25) is 10.1 Å². The average Bonchev–Trinajstić information content (AvgIpc) is 2.53. The number of aromatic nitrogens is 1. The highest BCUT2D eigenvalue weighted by atomic mass is 32.1. The van der Waals surface area contributed by atoms with E-state index in [0.29, 0.717) is 11.6 Å². The van der Waals surface area contributed by atoms with E-state index < -0.39 is 4.92 Å². The largest absolute Gasteiger partial charge is 0.358 e. The third kappa shape index (κ3) is 2.71. The van der Waals surface area contributed by atoms with Gasteiger partial charge in [0.15, 0.2) is 5.13 Å². The molecule has 74 valence electrons. The maximum Gasteiger partial charge on any atom is 0.345 e. The molecular formula is C8H9N3O2S. The van der Waals surface area contributed by atoms with Gasteiger partial charge in [-0.2, -0.15) is 0 Å². The summed E-state index contributed by atoms with van der Waals surface area (Å²) in [6.45, 7) is 1.90. The zero-order valence-electron chi connectivity index (χ0n) is 7.56. The minimum absolute atomic E-state index is 0.0282. The van der Waals surface area contributed by atoms with E-state index in [0.717, 1.165) is 11.3 Å². The van der Waals surface area contributed by atoms with Crippen LogP contribution < -0.4 is 5.32 Å². The normalized spacial score (nSPS) is 11.7. The highest BCUT2D eigenvalue weighted by molar-refractivity contribution is 7.18. The fourth-order valence-corrected chi connectivity index (χ4v) is 1.60. The van der Waals surface area contributed by atoms with Crippen molar-refractivity contribution in [1.82, 2.24) is 4.98 Å². The lowest BCUT2D eigenvalue weighted by Gasteiger charge is -2.07. The molecule has 1 N–H and O–H groups in total. The van der Waals surface area contributed by atoms with Crippen molar-refractivity contribution in [2.75, 3.05) is 5.32 Å². The van der Waals surface area contributed by atoms with Crippen molar-refractivity contribution >= 4 is 21.5 Å². The van der Waals surface area contributed by atoms with Crippen LogP contribution in [0.5, 0.6) is 0 Å². The Hall–Kier alpha value is -1.61. The number of hydrogen-bond donors (Lipinski definition) is 1. The number of thiazole rings is 1. The van der Waals surface area contributed by atoms with Crippen LogP contribution in [0.1, 0.15) is 13.3 Å². The number of nitro groups is 1. The van der Waals surface area contributed by atoms with Gasteiger partial charge in [0, 0.05) is 12.5 Å². The molecule has 0 saturated carbocycles. The van der Waals surface area contributed by atoms with E-state index in [1.807, 2.05) is 6.92 Å². The van der Waals surface area contributed by atoms with E-state index in [2.05, 4.69) is 16.2 Å². The summed E-state index contributed by atoms with van der Waals surface area (Å²) >= 11 is 1.01. The Labute approximate surface area is 85.3 Å². The molecule has 14 heavy (non-hydrogen) atoms. The molecule has 0 bridgehead atoms. The molecule has 0 aliphatic heterocycles. The van der Waals surface area contributed by atoms with Gasteiger partial charge in [0.1, 0.15) is 6.20 Å². The lowest BCUT2D eigenvalue weighted by molar-refractivity contribution is -0.380. The smallest absolute Gasteiger partial charge is 0.345 e. The molecule has 0 radical (unpaired) electrons. The van der Waals surface area contributed by atoms with Crippen LogP contribution >= 0.6 is 11.3 Å². The van der Waals surface area contributed by atoms with Gasteiger partial charge in [0.2, 0.25) is 0 Å². The lowest BCUT2D eigenvalue weighted by atomic mass is 10.2. The molecule has 1 aromatic heterocycles. The zero-order chi connectivity index (χ0) is 10.6. The van der Waals surface area contributed by atoms with E-state index in [1.54, 1.807) is 0 Å². The second-order valence-corrected chi connectivity index (χ2v) is 3.72. The summed E-state index contributed by atoms with van der Waals surface area (Å²) < 4.78 is 0. The molecule has 0 aliphatic carbocycles. The number of nitrogens with one attached hydrogen (secondary N) is 1. The molecule has 0 saturated heterocycles. The van der Waals surface area contributed by atoms with Crippen LogP contribution in [0.2, 0.25) is 0 Å². The number of terminal acetylenes is 1. The van der Waals surface area contributed by atoms with Gasteiger partial charge >= 0.3 is 5.00 Å². The van der Waals surface area contributed by atoms with Crippen LogP contribution in [0.15, 0.2) is 6.20 Å². The molecule has 0 fully saturated rings. The molecular weight excluding hydrogens is 202 g/mol. The maximum atomic E-state index is 10.3.